The summed E-state index contributed by atoms with van der Waals surface area (Å²) in [5.74, 6) is -2.20. The number of ketones is 1. The van der Waals surface area contributed by atoms with E-state index in [2.05, 4.69) is 9.97 Å². The van der Waals surface area contributed by atoms with Gasteiger partial charge in [-0.1, -0.05) is 84.9 Å². The number of nitrogens with zero attached hydrogens (tertiary/aromatic N) is 2. The van der Waals surface area contributed by atoms with Gasteiger partial charge in [0.05, 0.1) is 5.75 Å². The number of esters is 1. The average molecular weight is 567 g/mol. The second kappa shape index (κ2) is 11.0. The summed E-state index contributed by atoms with van der Waals surface area (Å²) >= 11 is 0. The van der Waals surface area contributed by atoms with Crippen molar-refractivity contribution in [3.05, 3.63) is 126 Å². The maximum Gasteiger partial charge on any atom is 0.318 e. The second-order valence-corrected chi connectivity index (χ2v) is 12.9. The predicted molar refractivity (Wildman–Crippen MR) is 152 cm³/mol. The van der Waals surface area contributed by atoms with E-state index >= 15 is 0 Å². The zero-order valence-corrected chi connectivity index (χ0v) is 23.2. The SMILES string of the molecule is O=C1OC(Cc2ccccc2)(Cc2ccccc2)C(=O)C1C(c1cccc(CS(=O)(=O)c2ncccn2)c1)C1CC1. The van der Waals surface area contributed by atoms with E-state index in [9.17, 15) is 18.0 Å². The molecule has 6 rings (SSSR count). The van der Waals surface area contributed by atoms with Crippen LogP contribution in [0.1, 0.15) is 41.0 Å². The first-order valence-electron chi connectivity index (χ1n) is 13.8. The molecule has 2 unspecified atom stereocenters. The molecule has 0 N–H and O–H groups in total. The molecule has 2 aliphatic rings. The standard InChI is InChI=1S/C33H30N2O5S/c36-30-29(31(37)40-33(30,20-23-9-3-1-4-10-23)21-24-11-5-2-6-12-24)28(26-15-16-26)27-14-7-13-25(19-27)22-41(38,39)32-34-17-8-18-35-32/h1-14,17-19,26,28-29H,15-16,20-22H2. The van der Waals surface area contributed by atoms with Gasteiger partial charge >= 0.3 is 5.97 Å². The number of carbonyl (C=O) groups is 2. The van der Waals surface area contributed by atoms with E-state index in [1.807, 2.05) is 66.7 Å². The molecule has 1 saturated carbocycles. The van der Waals surface area contributed by atoms with Crippen molar-refractivity contribution < 1.29 is 22.7 Å². The summed E-state index contributed by atoms with van der Waals surface area (Å²) in [5, 5.41) is -0.231. The Bertz CT molecular complexity index is 1610. The van der Waals surface area contributed by atoms with Crippen molar-refractivity contribution in [3.8, 4) is 0 Å². The Morgan fingerprint density at radius 2 is 1.37 bits per heavy atom. The van der Waals surface area contributed by atoms with Crippen LogP contribution in [0.3, 0.4) is 0 Å². The molecule has 2 fully saturated rings. The van der Waals surface area contributed by atoms with Gasteiger partial charge in [0.15, 0.2) is 11.4 Å². The van der Waals surface area contributed by atoms with Crippen LogP contribution in [-0.2, 0) is 42.8 Å². The van der Waals surface area contributed by atoms with Crippen LogP contribution in [0.4, 0.5) is 0 Å². The van der Waals surface area contributed by atoms with Crippen molar-refractivity contribution in [1.82, 2.24) is 9.97 Å². The molecule has 7 nitrogen and oxygen atoms in total. The molecule has 0 amide bonds. The smallest absolute Gasteiger partial charge is 0.318 e. The number of Topliss-reactive ketones (excluding diaryl/α,β-unsaturated/α-hetero) is 1. The van der Waals surface area contributed by atoms with E-state index in [4.69, 9.17) is 4.74 Å². The minimum absolute atomic E-state index is 0.144. The summed E-state index contributed by atoms with van der Waals surface area (Å²) in [6, 6.07) is 28.0. The fraction of sp³-hybridized carbons (Fsp3) is 0.273. The third-order valence-electron chi connectivity index (χ3n) is 7.95. The number of ether oxygens (including phenoxy) is 1. The molecule has 41 heavy (non-hydrogen) atoms. The highest BCUT2D eigenvalue weighted by Gasteiger charge is 2.59. The van der Waals surface area contributed by atoms with E-state index in [1.165, 1.54) is 12.4 Å². The van der Waals surface area contributed by atoms with Crippen LogP contribution < -0.4 is 0 Å². The lowest BCUT2D eigenvalue weighted by Crippen LogP contribution is -2.43. The predicted octanol–water partition coefficient (Wildman–Crippen LogP) is 4.91. The van der Waals surface area contributed by atoms with Gasteiger partial charge in [-0.25, -0.2) is 18.4 Å². The molecule has 0 radical (unpaired) electrons. The van der Waals surface area contributed by atoms with Crippen LogP contribution in [-0.4, -0.2) is 35.7 Å². The molecule has 8 heteroatoms. The van der Waals surface area contributed by atoms with Crippen molar-refractivity contribution in [2.45, 2.75) is 48.1 Å². The van der Waals surface area contributed by atoms with Gasteiger partial charge in [0.25, 0.3) is 0 Å². The Morgan fingerprint density at radius 3 is 1.95 bits per heavy atom. The molecule has 4 aromatic rings. The summed E-state index contributed by atoms with van der Waals surface area (Å²) in [4.78, 5) is 35.9. The minimum Gasteiger partial charge on any atom is -0.450 e. The van der Waals surface area contributed by atoms with Crippen molar-refractivity contribution in [1.29, 1.82) is 0 Å². The fourth-order valence-electron chi connectivity index (χ4n) is 5.98. The van der Waals surface area contributed by atoms with Gasteiger partial charge in [0, 0.05) is 31.2 Å². The van der Waals surface area contributed by atoms with Crippen LogP contribution in [0.15, 0.2) is 109 Å². The topological polar surface area (TPSA) is 103 Å². The maximum atomic E-state index is 14.4. The molecule has 0 bridgehead atoms. The first kappa shape index (κ1) is 27.0. The largest absolute Gasteiger partial charge is 0.450 e. The highest BCUT2D eigenvalue weighted by atomic mass is 32.2. The Balaban J connectivity index is 1.34. The molecule has 2 atom stereocenters. The van der Waals surface area contributed by atoms with Gasteiger partial charge < -0.3 is 4.74 Å². The number of benzene rings is 3. The number of hydrogen-bond acceptors (Lipinski definition) is 7. The third-order valence-corrected chi connectivity index (χ3v) is 9.43. The Hall–Kier alpha value is -4.17. The lowest BCUT2D eigenvalue weighted by Gasteiger charge is -2.27. The molecule has 2 heterocycles. The molecular weight excluding hydrogens is 536 g/mol. The van der Waals surface area contributed by atoms with E-state index in [0.717, 1.165) is 29.5 Å². The number of carbonyl (C=O) groups excluding carboxylic acids is 2. The van der Waals surface area contributed by atoms with Crippen molar-refractivity contribution in [3.63, 3.8) is 0 Å². The maximum absolute atomic E-state index is 14.4. The second-order valence-electron chi connectivity index (χ2n) is 11.0. The van der Waals surface area contributed by atoms with E-state index in [1.54, 1.807) is 24.3 Å². The van der Waals surface area contributed by atoms with Crippen LogP contribution in [0.2, 0.25) is 0 Å². The van der Waals surface area contributed by atoms with Gasteiger partial charge in [-0.2, -0.15) is 0 Å². The molecule has 1 aromatic heterocycles. The highest BCUT2D eigenvalue weighted by Crippen LogP contribution is 2.51. The van der Waals surface area contributed by atoms with Crippen molar-refractivity contribution in [2.24, 2.45) is 11.8 Å². The summed E-state index contributed by atoms with van der Waals surface area (Å²) in [7, 11) is -3.77. The quantitative estimate of drug-likeness (QED) is 0.153. The fourth-order valence-corrected chi connectivity index (χ4v) is 7.17. The average Bonchev–Trinajstić information content (AvgIpc) is 3.78. The van der Waals surface area contributed by atoms with Gasteiger partial charge in [-0.05, 0) is 47.1 Å². The monoisotopic (exact) mass is 566 g/mol. The van der Waals surface area contributed by atoms with E-state index in [0.29, 0.717) is 5.56 Å². The Morgan fingerprint density at radius 1 is 0.780 bits per heavy atom. The van der Waals surface area contributed by atoms with Gasteiger partial charge in [0.1, 0.15) is 5.92 Å². The van der Waals surface area contributed by atoms with Crippen LogP contribution in [0.25, 0.3) is 0 Å². The van der Waals surface area contributed by atoms with Crippen molar-refractivity contribution >= 4 is 21.6 Å². The summed E-state index contributed by atoms with van der Waals surface area (Å²) in [5.41, 5.74) is 1.86. The summed E-state index contributed by atoms with van der Waals surface area (Å²) in [6.45, 7) is 0. The van der Waals surface area contributed by atoms with Crippen LogP contribution >= 0.6 is 0 Å². The zero-order chi connectivity index (χ0) is 28.5. The number of aromatic nitrogens is 2. The first-order chi connectivity index (χ1) is 19.8. The Kier molecular flexibility index (Phi) is 7.26. The van der Waals surface area contributed by atoms with Crippen LogP contribution in [0.5, 0.6) is 0 Å². The van der Waals surface area contributed by atoms with Crippen LogP contribution in [0, 0.1) is 11.8 Å². The third kappa shape index (κ3) is 5.70. The normalized spacial score (nSPS) is 19.1. The van der Waals surface area contributed by atoms with E-state index < -0.39 is 27.3 Å². The number of rotatable bonds is 10. The first-order valence-corrected chi connectivity index (χ1v) is 15.4. The lowest BCUT2D eigenvalue weighted by atomic mass is 9.74. The van der Waals surface area contributed by atoms with Gasteiger partial charge in [-0.15, -0.1) is 0 Å². The molecule has 1 aliphatic carbocycles. The number of cyclic esters (lactones) is 1. The zero-order valence-electron chi connectivity index (χ0n) is 22.4. The number of sulfone groups is 1. The van der Waals surface area contributed by atoms with E-state index in [-0.39, 0.29) is 41.4 Å². The number of hydrogen-bond donors (Lipinski definition) is 0. The lowest BCUT2D eigenvalue weighted by molar-refractivity contribution is -0.152. The summed E-state index contributed by atoms with van der Waals surface area (Å²) in [6.07, 6.45) is 5.16. The van der Waals surface area contributed by atoms with Crippen molar-refractivity contribution in [2.75, 3.05) is 0 Å². The molecule has 1 saturated heterocycles. The Labute approximate surface area is 239 Å². The molecule has 0 spiro atoms. The van der Waals surface area contributed by atoms with Gasteiger partial charge in [-0.3, -0.25) is 9.59 Å². The van der Waals surface area contributed by atoms with Gasteiger partial charge in [0.2, 0.25) is 15.0 Å². The molecule has 208 valence electrons. The highest BCUT2D eigenvalue weighted by molar-refractivity contribution is 7.90. The summed E-state index contributed by atoms with van der Waals surface area (Å²) < 4.78 is 32.1. The molecular formula is C33H30N2O5S. The molecule has 1 aliphatic heterocycles. The molecule has 3 aromatic carbocycles. The minimum atomic E-state index is -3.77.